The second-order valence-electron chi connectivity index (χ2n) is 14.3. The Morgan fingerprint density at radius 1 is 1.08 bits per heavy atom. The number of hydrogen-bond donors (Lipinski definition) is 1. The molecule has 2 aromatic rings. The van der Waals surface area contributed by atoms with Gasteiger partial charge in [-0.1, -0.05) is 29.8 Å². The number of nitrogens with zero attached hydrogens (tertiary/aromatic N) is 3. The number of methoxy groups -OCH3 is 1. The Balaban J connectivity index is 1.26. The van der Waals surface area contributed by atoms with Crippen molar-refractivity contribution in [1.82, 2.24) is 9.62 Å². The van der Waals surface area contributed by atoms with Gasteiger partial charge < -0.3 is 19.3 Å². The number of aryl methyl sites for hydroxylation is 1. The van der Waals surface area contributed by atoms with Gasteiger partial charge in [0.1, 0.15) is 15.7 Å². The lowest BCUT2D eigenvalue weighted by molar-refractivity contribution is 0.0132. The number of allylic oxidation sites excluding steroid dienone is 1. The third kappa shape index (κ3) is 7.29. The molecule has 2 aliphatic carbocycles. The number of sulfone groups is 1. The van der Waals surface area contributed by atoms with Crippen molar-refractivity contribution in [2.24, 2.45) is 16.2 Å². The number of urea groups is 1. The summed E-state index contributed by atoms with van der Waals surface area (Å²) in [4.78, 5) is 30.7. The molecule has 1 unspecified atom stereocenters. The molecule has 11 nitrogen and oxygen atoms in total. The fourth-order valence-corrected chi connectivity index (χ4v) is 11.2. The van der Waals surface area contributed by atoms with E-state index in [-0.39, 0.29) is 47.4 Å². The van der Waals surface area contributed by atoms with Crippen LogP contribution in [-0.4, -0.2) is 92.7 Å². The molecule has 2 bridgehead atoms. The first-order valence-corrected chi connectivity index (χ1v) is 21.4. The standard InChI is InChI=1S/C36H45ClN4O7S2/c1-47-32-7-3-2-4-17-50(46,39-35(43)40-15-18-49(44,45)19-16-40)38-34(42)26-9-13-33-31(21-26)41(22-27-8-11-29(27)32)23-36(24-48-33)14-5-6-25-20-28(37)10-12-30(25)36/h3,7,9-10,12-13,20-21,27,29,32H,2,4-6,8,11,14-19,22-24H2,1H3,(H,38,39,42,43,46)/b7-3+/t27-,29+,32-,36-,50?/m0/s1. The van der Waals surface area contributed by atoms with E-state index in [0.29, 0.717) is 43.6 Å². The molecular formula is C36H45ClN4O7S2. The topological polar surface area (TPSA) is 135 Å². The number of anilines is 1. The highest BCUT2D eigenvalue weighted by atomic mass is 35.5. The van der Waals surface area contributed by atoms with E-state index in [0.717, 1.165) is 49.4 Å². The Hall–Kier alpha value is -3.13. The average molecular weight is 745 g/mol. The molecule has 1 saturated carbocycles. The Labute approximate surface area is 299 Å². The van der Waals surface area contributed by atoms with E-state index < -0.39 is 31.7 Å². The van der Waals surface area contributed by atoms with Gasteiger partial charge in [-0.3, -0.25) is 9.52 Å². The van der Waals surface area contributed by atoms with Gasteiger partial charge >= 0.3 is 6.03 Å². The number of carbonyl (C=O) groups excluding carboxylic acids is 2. The average Bonchev–Trinajstić information content (AvgIpc) is 3.22. The van der Waals surface area contributed by atoms with Gasteiger partial charge in [0.2, 0.25) is 0 Å². The van der Waals surface area contributed by atoms with Crippen LogP contribution in [0.2, 0.25) is 5.02 Å². The fraction of sp³-hybridized carbons (Fsp3) is 0.556. The second kappa shape index (κ2) is 14.1. The highest BCUT2D eigenvalue weighted by Gasteiger charge is 2.44. The smallest absolute Gasteiger partial charge is 0.329 e. The van der Waals surface area contributed by atoms with Crippen molar-refractivity contribution in [1.29, 1.82) is 0 Å². The Morgan fingerprint density at radius 3 is 2.66 bits per heavy atom. The lowest BCUT2D eigenvalue weighted by Crippen LogP contribution is -2.50. The van der Waals surface area contributed by atoms with Gasteiger partial charge in [0.25, 0.3) is 5.91 Å². The summed E-state index contributed by atoms with van der Waals surface area (Å²) in [5.74, 6) is 0.293. The summed E-state index contributed by atoms with van der Waals surface area (Å²) < 4.78 is 57.4. The molecule has 2 aromatic carbocycles. The molecule has 2 fully saturated rings. The fourth-order valence-electron chi connectivity index (χ4n) is 8.23. The van der Waals surface area contributed by atoms with Crippen molar-refractivity contribution >= 4 is 49.0 Å². The number of halogens is 1. The molecule has 50 heavy (non-hydrogen) atoms. The quantitative estimate of drug-likeness (QED) is 0.417. The predicted octanol–water partition coefficient (Wildman–Crippen LogP) is 5.17. The number of carbonyl (C=O) groups is 2. The number of hydrogen-bond acceptors (Lipinski definition) is 8. The minimum Gasteiger partial charge on any atom is -0.490 e. The summed E-state index contributed by atoms with van der Waals surface area (Å²) in [6, 6.07) is 10.7. The highest BCUT2D eigenvalue weighted by molar-refractivity contribution is 7.92. The number of nitrogens with one attached hydrogen (secondary N) is 1. The largest absolute Gasteiger partial charge is 0.490 e. The summed E-state index contributed by atoms with van der Waals surface area (Å²) in [6.07, 6.45) is 10.0. The zero-order valence-corrected chi connectivity index (χ0v) is 30.7. The third-order valence-corrected chi connectivity index (χ3v) is 14.8. The van der Waals surface area contributed by atoms with E-state index in [4.69, 9.17) is 21.1 Å². The van der Waals surface area contributed by atoms with E-state index in [2.05, 4.69) is 32.2 Å². The first-order chi connectivity index (χ1) is 24.0. The SMILES string of the molecule is CO[C@H]1/C=C/CCCS(=O)(NC(=O)N2CCS(=O)(=O)CC2)=NC(=O)c2ccc3c(c2)N(C[C@@H]2CC[C@H]21)C[C@@]1(CCCc2cc(Cl)ccc21)CO3. The van der Waals surface area contributed by atoms with Crippen molar-refractivity contribution < 1.29 is 31.7 Å². The van der Waals surface area contributed by atoms with Crippen LogP contribution < -0.4 is 14.4 Å². The molecule has 1 spiro atoms. The second-order valence-corrected chi connectivity index (χ2v) is 19.2. The summed E-state index contributed by atoms with van der Waals surface area (Å²) in [5.41, 5.74) is 3.26. The minimum absolute atomic E-state index is 0.0133. The first kappa shape index (κ1) is 35.3. The summed E-state index contributed by atoms with van der Waals surface area (Å²) in [7, 11) is -5.05. The number of fused-ring (bicyclic) bond motifs is 4. The van der Waals surface area contributed by atoms with Crippen LogP contribution >= 0.6 is 11.6 Å². The van der Waals surface area contributed by atoms with Gasteiger partial charge in [-0.25, -0.2) is 17.4 Å². The number of benzene rings is 2. The van der Waals surface area contributed by atoms with Gasteiger partial charge in [0, 0.05) is 49.3 Å². The van der Waals surface area contributed by atoms with Gasteiger partial charge in [0.15, 0.2) is 9.84 Å². The predicted molar refractivity (Wildman–Crippen MR) is 194 cm³/mol. The van der Waals surface area contributed by atoms with Crippen LogP contribution in [0.3, 0.4) is 0 Å². The summed E-state index contributed by atoms with van der Waals surface area (Å²) in [5, 5.41) is 0.725. The lowest BCUT2D eigenvalue weighted by atomic mass is 9.68. The van der Waals surface area contributed by atoms with E-state index in [1.807, 2.05) is 12.1 Å². The normalized spacial score (nSPS) is 31.6. The van der Waals surface area contributed by atoms with Crippen LogP contribution in [0.25, 0.3) is 0 Å². The molecule has 1 N–H and O–H groups in total. The van der Waals surface area contributed by atoms with Crippen LogP contribution in [0, 0.1) is 11.8 Å². The van der Waals surface area contributed by atoms with Crippen LogP contribution in [0.1, 0.15) is 60.0 Å². The van der Waals surface area contributed by atoms with Crippen LogP contribution in [-0.2, 0) is 36.3 Å². The molecule has 14 heteroatoms. The summed E-state index contributed by atoms with van der Waals surface area (Å²) >= 11 is 6.44. The molecule has 3 aliphatic heterocycles. The van der Waals surface area contributed by atoms with Crippen LogP contribution in [0.4, 0.5) is 10.5 Å². The van der Waals surface area contributed by atoms with E-state index >= 15 is 0 Å². The number of ether oxygens (including phenoxy) is 2. The molecule has 0 radical (unpaired) electrons. The molecule has 0 aromatic heterocycles. The molecule has 7 rings (SSSR count). The van der Waals surface area contributed by atoms with Crippen LogP contribution in [0.5, 0.6) is 5.75 Å². The maximum Gasteiger partial charge on any atom is 0.329 e. The summed E-state index contributed by atoms with van der Waals surface area (Å²) in [6.45, 7) is 1.91. The maximum atomic E-state index is 14.3. The van der Waals surface area contributed by atoms with E-state index in [1.165, 1.54) is 16.0 Å². The molecule has 3 heterocycles. The number of amides is 3. The van der Waals surface area contributed by atoms with E-state index in [9.17, 15) is 22.2 Å². The Morgan fingerprint density at radius 2 is 1.90 bits per heavy atom. The molecule has 1 saturated heterocycles. The Bertz CT molecular complexity index is 1910. The van der Waals surface area contributed by atoms with Gasteiger partial charge in [0.05, 0.1) is 35.7 Å². The zero-order valence-electron chi connectivity index (χ0n) is 28.4. The van der Waals surface area contributed by atoms with Crippen molar-refractivity contribution in [3.63, 3.8) is 0 Å². The Kier molecular flexibility index (Phi) is 9.96. The third-order valence-electron chi connectivity index (χ3n) is 11.1. The van der Waals surface area contributed by atoms with Crippen molar-refractivity contribution in [3.8, 4) is 5.75 Å². The van der Waals surface area contributed by atoms with Gasteiger partial charge in [-0.05, 0) is 98.2 Å². The van der Waals surface area contributed by atoms with Gasteiger partial charge in [-0.15, -0.1) is 4.36 Å². The van der Waals surface area contributed by atoms with Gasteiger partial charge in [-0.2, -0.15) is 0 Å². The lowest BCUT2D eigenvalue weighted by Gasteiger charge is -2.46. The van der Waals surface area contributed by atoms with Crippen molar-refractivity contribution in [2.45, 2.75) is 56.5 Å². The van der Waals surface area contributed by atoms with E-state index in [1.54, 1.807) is 25.3 Å². The molecule has 5 atom stereocenters. The number of rotatable bonds is 2. The maximum absolute atomic E-state index is 14.3. The molecular weight excluding hydrogens is 700 g/mol. The minimum atomic E-state index is -3.56. The van der Waals surface area contributed by atoms with Crippen molar-refractivity contribution in [2.75, 3.05) is 62.1 Å². The first-order valence-electron chi connectivity index (χ1n) is 17.5. The highest BCUT2D eigenvalue weighted by Crippen LogP contribution is 2.47. The molecule has 5 aliphatic rings. The molecule has 270 valence electrons. The monoisotopic (exact) mass is 744 g/mol. The molecule has 3 amide bonds. The zero-order chi connectivity index (χ0) is 35.1. The van der Waals surface area contributed by atoms with Crippen molar-refractivity contribution in [3.05, 3.63) is 70.3 Å². The van der Waals surface area contributed by atoms with Crippen LogP contribution in [0.15, 0.2) is 52.9 Å².